The minimum absolute atomic E-state index is 0.221. The second kappa shape index (κ2) is 56.6. The van der Waals surface area contributed by atoms with Gasteiger partial charge in [-0.15, -0.1) is 0 Å². The molecule has 0 radical (unpaired) electrons. The molecule has 2 heterocycles. The molecule has 16 nitrogen and oxygen atoms in total. The average molecular weight is 1540 g/mol. The van der Waals surface area contributed by atoms with Crippen LogP contribution in [0.2, 0.25) is 0 Å². The number of benzene rings is 4. The van der Waals surface area contributed by atoms with Crippen LogP contribution in [0, 0.1) is 6.92 Å². The Morgan fingerprint density at radius 1 is 0.495 bits per heavy atom. The third kappa shape index (κ3) is 34.9. The van der Waals surface area contributed by atoms with Gasteiger partial charge in [0.25, 0.3) is 11.5 Å². The highest BCUT2D eigenvalue weighted by Gasteiger charge is 2.53. The average Bonchev–Trinajstić information content (AvgIpc) is 1.70. The number of aromatic amines is 1. The van der Waals surface area contributed by atoms with E-state index in [4.69, 9.17) is 37.9 Å². The number of nitrogens with one attached hydrogen (secondary N) is 1. The highest BCUT2D eigenvalue weighted by atomic mass is 16.7. The zero-order valence-electron chi connectivity index (χ0n) is 70.3. The minimum atomic E-state index is -2.45. The molecule has 1 aliphatic heterocycles. The number of aliphatic hydroxyl groups is 1. The highest BCUT2D eigenvalue weighted by Crippen LogP contribution is 2.45. The Morgan fingerprint density at radius 2 is 0.838 bits per heavy atom. The summed E-state index contributed by atoms with van der Waals surface area (Å²) in [5.74, 6) is -1.34. The Hall–Kier alpha value is -6.62. The van der Waals surface area contributed by atoms with Gasteiger partial charge in [-0.05, 0) is 79.3 Å². The molecule has 6 rings (SSSR count). The fraction of sp³-hybridized carbons (Fsp3) is 0.684. The van der Waals surface area contributed by atoms with Crippen molar-refractivity contribution in [2.75, 3.05) is 54.2 Å². The van der Waals surface area contributed by atoms with Crippen molar-refractivity contribution in [3.63, 3.8) is 0 Å². The summed E-state index contributed by atoms with van der Waals surface area (Å²) in [5.41, 5.74) is -0.186. The molecule has 4 aromatic carbocycles. The number of carbonyl (C=O) groups excluding carboxylic acids is 2. The van der Waals surface area contributed by atoms with Gasteiger partial charge in [0, 0.05) is 24.4 Å². The van der Waals surface area contributed by atoms with Crippen molar-refractivity contribution < 1.29 is 52.6 Å². The predicted molar refractivity (Wildman–Crippen MR) is 452 cm³/mol. The lowest BCUT2D eigenvalue weighted by molar-refractivity contribution is -0.237. The van der Waals surface area contributed by atoms with E-state index in [1.54, 1.807) is 33.3 Å². The van der Waals surface area contributed by atoms with E-state index in [1.165, 1.54) is 269 Å². The Balaban J connectivity index is 1.19. The lowest BCUT2D eigenvalue weighted by Gasteiger charge is -2.38. The first-order valence-electron chi connectivity index (χ1n) is 44.5. The summed E-state index contributed by atoms with van der Waals surface area (Å²) in [6.45, 7) is 8.71. The molecule has 1 saturated heterocycles. The molecular weight excluding hydrogens is 1390 g/mol. The van der Waals surface area contributed by atoms with Crippen LogP contribution in [-0.4, -0.2) is 97.6 Å². The van der Waals surface area contributed by atoms with E-state index in [0.717, 1.165) is 67.9 Å². The Kier molecular flexibility index (Phi) is 47.5. The summed E-state index contributed by atoms with van der Waals surface area (Å²) in [5, 5.41) is 13.0. The van der Waals surface area contributed by atoms with Crippen LogP contribution in [0.1, 0.15) is 374 Å². The minimum Gasteiger partial charge on any atom is -0.497 e. The van der Waals surface area contributed by atoms with E-state index in [1.807, 2.05) is 78.9 Å². The lowest BCUT2D eigenvalue weighted by atomic mass is 9.80. The normalized spacial score (nSPS) is 14.9. The first-order valence-corrected chi connectivity index (χ1v) is 44.5. The number of methoxy groups -OCH3 is 2. The van der Waals surface area contributed by atoms with Crippen LogP contribution >= 0.6 is 0 Å². The third-order valence-electron chi connectivity index (χ3n) is 22.4. The topological polar surface area (TPSA) is 186 Å². The van der Waals surface area contributed by atoms with Gasteiger partial charge in [-0.3, -0.25) is 23.9 Å². The van der Waals surface area contributed by atoms with Crippen LogP contribution in [0.3, 0.4) is 0 Å². The summed E-state index contributed by atoms with van der Waals surface area (Å²) >= 11 is 0. The van der Waals surface area contributed by atoms with Crippen molar-refractivity contribution in [1.82, 2.24) is 14.5 Å². The first-order chi connectivity index (χ1) is 54.3. The fourth-order valence-electron chi connectivity index (χ4n) is 15.5. The van der Waals surface area contributed by atoms with Crippen LogP contribution in [0.15, 0.2) is 107 Å². The summed E-state index contributed by atoms with van der Waals surface area (Å²) in [7, 11) is 4.70. The molecule has 5 aromatic rings. The summed E-state index contributed by atoms with van der Waals surface area (Å²) in [6, 6.07) is 27.9. The molecule has 622 valence electrons. The molecule has 0 unspecified atom stereocenters. The van der Waals surface area contributed by atoms with Crippen molar-refractivity contribution in [2.24, 2.45) is 0 Å². The number of esters is 1. The molecule has 1 aliphatic rings. The van der Waals surface area contributed by atoms with Crippen molar-refractivity contribution in [2.45, 2.75) is 366 Å². The van der Waals surface area contributed by atoms with E-state index >= 15 is 4.79 Å². The van der Waals surface area contributed by atoms with E-state index in [0.29, 0.717) is 59.7 Å². The van der Waals surface area contributed by atoms with Gasteiger partial charge in [-0.2, -0.15) is 0 Å². The molecule has 0 spiro atoms. The number of unbranched alkanes of at least 4 members (excludes halogenated alkanes) is 45. The number of carbonyl (C=O) groups is 2. The summed E-state index contributed by atoms with van der Waals surface area (Å²) in [4.78, 5) is 59.7. The van der Waals surface area contributed by atoms with Crippen molar-refractivity contribution in [3.8, 4) is 28.7 Å². The number of H-pyrrole nitrogens is 1. The maximum Gasteiger partial charge on any atom is 0.330 e. The number of ether oxygens (including phenoxy) is 8. The van der Waals surface area contributed by atoms with Crippen LogP contribution < -0.4 is 34.9 Å². The monoisotopic (exact) mass is 1540 g/mol. The molecule has 16 heteroatoms. The van der Waals surface area contributed by atoms with Gasteiger partial charge < -0.3 is 47.9 Å². The lowest BCUT2D eigenvalue weighted by Crippen LogP contribution is -2.48. The summed E-state index contributed by atoms with van der Waals surface area (Å²) < 4.78 is 52.5. The standard InChI is InChI=1S/C95H149N3O13/c1-8-11-14-17-20-23-26-29-32-35-38-41-44-47-50-56-69-106-85-72-79(73-86(107-70-57-51-48-45-42-39-36-33-30-27-24-21-18-15-12-9-2)90(85)108-71-58-52-49-46-43-40-37-34-31-28-25-22-19-16-13-10-3)92(101)97(5)76-89(99)111-94(103)74-88(98-75-78(4)91(100)96-93(98)102)110-87(94)77-109-95(80-59-54-53-55-60-80,81-61-65-83(104-6)66-62-81)82-63-67-84(105-7)68-64-82/h53-55,59-68,72-73,75,87-88,103H,8-52,56-58,69-71,74,76-77H2,1-7H3,(H,96,100,102)/t87-,88-,94-/m1/s1. The van der Waals surface area contributed by atoms with E-state index in [9.17, 15) is 19.5 Å². The Morgan fingerprint density at radius 3 is 1.20 bits per heavy atom. The maximum atomic E-state index is 15.1. The number of likely N-dealkylation sites (N-methyl/N-ethyl adjacent to an activating group) is 1. The molecule has 0 aliphatic carbocycles. The van der Waals surface area contributed by atoms with E-state index < -0.39 is 66.4 Å². The van der Waals surface area contributed by atoms with Crippen molar-refractivity contribution in [3.05, 3.63) is 146 Å². The third-order valence-corrected chi connectivity index (χ3v) is 22.4. The van der Waals surface area contributed by atoms with Gasteiger partial charge in [0.15, 0.2) is 11.5 Å². The molecule has 2 N–H and O–H groups in total. The largest absolute Gasteiger partial charge is 0.497 e. The molecule has 111 heavy (non-hydrogen) atoms. The highest BCUT2D eigenvalue weighted by molar-refractivity contribution is 5.97. The van der Waals surface area contributed by atoms with Gasteiger partial charge in [0.2, 0.25) is 11.5 Å². The molecule has 0 saturated carbocycles. The van der Waals surface area contributed by atoms with Gasteiger partial charge in [-0.25, -0.2) is 4.79 Å². The molecular formula is C95H149N3O13. The Bertz CT molecular complexity index is 3250. The SMILES string of the molecule is CCCCCCCCCCCCCCCCCCOc1cc(C(=O)N(C)CC(=O)O[C@]2(O)C[C@H](n3cc(C)c(=O)[nH]c3=O)O[C@@H]2COC(c2ccccc2)(c2ccc(OC)cc2)c2ccc(OC)cc2)cc(OCCCCCCCCCCCCCCCCCC)c1OCCCCCCCCCCCCCCCCCC. The zero-order chi connectivity index (χ0) is 79.3. The van der Waals surface area contributed by atoms with Crippen molar-refractivity contribution >= 4 is 11.9 Å². The smallest absolute Gasteiger partial charge is 0.330 e. The number of nitrogens with zero attached hydrogens (tertiary/aromatic N) is 2. The quantitative estimate of drug-likeness (QED) is 0.0162. The summed E-state index contributed by atoms with van der Waals surface area (Å²) in [6.07, 6.45) is 59.0. The van der Waals surface area contributed by atoms with Gasteiger partial charge in [0.05, 0.1) is 47.1 Å². The van der Waals surface area contributed by atoms with Crippen LogP contribution in [-0.2, 0) is 24.6 Å². The maximum absolute atomic E-state index is 15.1. The second-order valence-corrected chi connectivity index (χ2v) is 31.8. The van der Waals surface area contributed by atoms with E-state index in [2.05, 4.69) is 25.8 Å². The fourth-order valence-corrected chi connectivity index (χ4v) is 15.5. The van der Waals surface area contributed by atoms with Crippen molar-refractivity contribution in [1.29, 1.82) is 0 Å². The number of rotatable bonds is 67. The van der Waals surface area contributed by atoms with Gasteiger partial charge >= 0.3 is 11.7 Å². The van der Waals surface area contributed by atoms with Crippen LogP contribution in [0.5, 0.6) is 28.7 Å². The van der Waals surface area contributed by atoms with E-state index in [-0.39, 0.29) is 11.1 Å². The number of hydrogen-bond donors (Lipinski definition) is 2. The number of aromatic nitrogens is 2. The number of amides is 1. The van der Waals surface area contributed by atoms with Crippen LogP contribution in [0.25, 0.3) is 0 Å². The zero-order valence-corrected chi connectivity index (χ0v) is 70.3. The van der Waals surface area contributed by atoms with Gasteiger partial charge in [-0.1, -0.05) is 364 Å². The molecule has 1 fully saturated rings. The van der Waals surface area contributed by atoms with Crippen LogP contribution in [0.4, 0.5) is 0 Å². The first kappa shape index (κ1) is 93.2. The molecule has 3 atom stereocenters. The predicted octanol–water partition coefficient (Wildman–Crippen LogP) is 24.1. The molecule has 1 amide bonds. The molecule has 0 bridgehead atoms. The second-order valence-electron chi connectivity index (χ2n) is 31.8. The number of hydrogen-bond acceptors (Lipinski definition) is 13. The Labute approximate surface area is 670 Å². The van der Waals surface area contributed by atoms with Gasteiger partial charge in [0.1, 0.15) is 36.0 Å². The molecule has 1 aromatic heterocycles. The number of aryl methyl sites for hydroxylation is 1.